The van der Waals surface area contributed by atoms with E-state index in [2.05, 4.69) is 10.4 Å². The van der Waals surface area contributed by atoms with E-state index in [1.807, 2.05) is 32.0 Å². The number of benzene rings is 2. The van der Waals surface area contributed by atoms with Gasteiger partial charge < -0.3 is 10.1 Å². The Kier molecular flexibility index (Phi) is 4.77. The van der Waals surface area contributed by atoms with Crippen molar-refractivity contribution < 1.29 is 13.7 Å². The summed E-state index contributed by atoms with van der Waals surface area (Å²) in [5, 5.41) is 7.67. The number of rotatable bonds is 4. The lowest BCUT2D eigenvalue weighted by Crippen LogP contribution is -2.17. The molecule has 1 aliphatic heterocycles. The number of aromatic nitrogens is 2. The van der Waals surface area contributed by atoms with Crippen LogP contribution in [-0.4, -0.2) is 27.0 Å². The van der Waals surface area contributed by atoms with Crippen LogP contribution in [0.5, 0.6) is 5.75 Å². The number of anilines is 1. The molecule has 1 aromatic heterocycles. The summed E-state index contributed by atoms with van der Waals surface area (Å²) in [4.78, 5) is 12.9. The van der Waals surface area contributed by atoms with Gasteiger partial charge in [0.05, 0.1) is 30.0 Å². The van der Waals surface area contributed by atoms with Crippen molar-refractivity contribution in [2.75, 3.05) is 12.4 Å². The van der Waals surface area contributed by atoms with Crippen LogP contribution in [0.4, 0.5) is 5.82 Å². The van der Waals surface area contributed by atoms with E-state index in [0.29, 0.717) is 28.6 Å². The van der Waals surface area contributed by atoms with Crippen LogP contribution in [0, 0.1) is 13.8 Å². The second kappa shape index (κ2) is 7.24. The number of nitrogens with zero attached hydrogens (tertiary/aromatic N) is 2. The molecule has 7 heteroatoms. The molecular weight excluding hydrogens is 374 g/mol. The van der Waals surface area contributed by atoms with Crippen molar-refractivity contribution in [1.82, 2.24) is 9.78 Å². The topological polar surface area (TPSA) is 73.2 Å². The molecule has 28 heavy (non-hydrogen) atoms. The summed E-state index contributed by atoms with van der Waals surface area (Å²) in [5.74, 6) is 1.86. The minimum atomic E-state index is -0.980. The van der Waals surface area contributed by atoms with Crippen LogP contribution < -0.4 is 10.1 Å². The zero-order valence-corrected chi connectivity index (χ0v) is 16.8. The molecule has 0 aliphatic carbocycles. The normalized spacial score (nSPS) is 15.3. The maximum absolute atomic E-state index is 12.9. The smallest absolute Gasteiger partial charge is 0.256 e. The van der Waals surface area contributed by atoms with Crippen LogP contribution >= 0.6 is 0 Å². The minimum absolute atomic E-state index is 0.241. The maximum Gasteiger partial charge on any atom is 0.256 e. The standard InChI is InChI=1S/C21H21N3O3S/c1-13-5-4-6-19(14(13)2)24-20(17-11-28(26)12-18(17)23-24)22-21(25)15-7-9-16(27-3)10-8-15/h4-10H,11-12H2,1-3H3,(H,22,25)/t28-/m1/s1. The molecule has 0 saturated heterocycles. The Bertz CT molecular complexity index is 1090. The van der Waals surface area contributed by atoms with E-state index < -0.39 is 10.8 Å². The summed E-state index contributed by atoms with van der Waals surface area (Å²) in [5.41, 5.74) is 5.28. The summed E-state index contributed by atoms with van der Waals surface area (Å²) in [6, 6.07) is 12.9. The number of amides is 1. The van der Waals surface area contributed by atoms with E-state index in [1.165, 1.54) is 0 Å². The molecule has 1 aliphatic rings. The van der Waals surface area contributed by atoms with E-state index >= 15 is 0 Å². The van der Waals surface area contributed by atoms with Crippen molar-refractivity contribution in [3.8, 4) is 11.4 Å². The van der Waals surface area contributed by atoms with E-state index in [0.717, 1.165) is 28.1 Å². The monoisotopic (exact) mass is 395 g/mol. The number of methoxy groups -OCH3 is 1. The van der Waals surface area contributed by atoms with E-state index in [-0.39, 0.29) is 5.91 Å². The fourth-order valence-corrected chi connectivity index (χ4v) is 4.58. The molecule has 0 fully saturated rings. The second-order valence-electron chi connectivity index (χ2n) is 6.82. The number of nitrogens with one attached hydrogen (secondary N) is 1. The summed E-state index contributed by atoms with van der Waals surface area (Å²) in [6.45, 7) is 4.07. The highest BCUT2D eigenvalue weighted by molar-refractivity contribution is 7.83. The van der Waals surface area contributed by atoms with Crippen molar-refractivity contribution in [2.24, 2.45) is 0 Å². The lowest BCUT2D eigenvalue weighted by atomic mass is 10.1. The molecule has 144 valence electrons. The van der Waals surface area contributed by atoms with Crippen molar-refractivity contribution in [3.63, 3.8) is 0 Å². The minimum Gasteiger partial charge on any atom is -0.497 e. The zero-order valence-electron chi connectivity index (χ0n) is 16.0. The number of hydrogen-bond acceptors (Lipinski definition) is 4. The number of hydrogen-bond donors (Lipinski definition) is 1. The first-order valence-corrected chi connectivity index (χ1v) is 10.4. The molecule has 0 saturated carbocycles. The van der Waals surface area contributed by atoms with E-state index in [1.54, 1.807) is 36.1 Å². The quantitative estimate of drug-likeness (QED) is 0.734. The first-order chi connectivity index (χ1) is 13.5. The lowest BCUT2D eigenvalue weighted by Gasteiger charge is -2.14. The van der Waals surface area contributed by atoms with Crippen LogP contribution in [0.15, 0.2) is 42.5 Å². The molecule has 6 nitrogen and oxygen atoms in total. The maximum atomic E-state index is 12.9. The molecule has 2 heterocycles. The fraction of sp³-hybridized carbons (Fsp3) is 0.238. The third-order valence-electron chi connectivity index (χ3n) is 5.06. The zero-order chi connectivity index (χ0) is 19.8. The molecule has 3 aromatic rings. The third-order valence-corrected chi connectivity index (χ3v) is 6.26. The Morgan fingerprint density at radius 2 is 1.89 bits per heavy atom. The molecule has 0 bridgehead atoms. The Hall–Kier alpha value is -2.93. The van der Waals surface area contributed by atoms with Gasteiger partial charge in [0.1, 0.15) is 11.6 Å². The molecular formula is C21H21N3O3S. The van der Waals surface area contributed by atoms with Crippen LogP contribution in [-0.2, 0) is 22.3 Å². The predicted octanol–water partition coefficient (Wildman–Crippen LogP) is 3.51. The van der Waals surface area contributed by atoms with E-state index in [4.69, 9.17) is 4.74 Å². The summed E-state index contributed by atoms with van der Waals surface area (Å²) < 4.78 is 19.0. The van der Waals surface area contributed by atoms with Crippen molar-refractivity contribution >= 4 is 22.5 Å². The van der Waals surface area contributed by atoms with Gasteiger partial charge >= 0.3 is 0 Å². The predicted molar refractivity (Wildman–Crippen MR) is 110 cm³/mol. The molecule has 0 radical (unpaired) electrons. The molecule has 1 atom stereocenters. The fourth-order valence-electron chi connectivity index (χ4n) is 3.32. The van der Waals surface area contributed by atoms with Gasteiger partial charge in [0.15, 0.2) is 0 Å². The van der Waals surface area contributed by atoms with Crippen molar-refractivity contribution in [2.45, 2.75) is 25.4 Å². The largest absolute Gasteiger partial charge is 0.497 e. The van der Waals surface area contributed by atoms with Crippen LogP contribution in [0.25, 0.3) is 5.69 Å². The third kappa shape index (κ3) is 3.22. The Labute approximate surface area is 166 Å². The molecule has 4 rings (SSSR count). The molecule has 1 amide bonds. The molecule has 0 unspecified atom stereocenters. The van der Waals surface area contributed by atoms with Gasteiger partial charge in [0, 0.05) is 21.9 Å². The van der Waals surface area contributed by atoms with Gasteiger partial charge in [-0.05, 0) is 55.3 Å². The van der Waals surface area contributed by atoms with Gasteiger partial charge in [-0.15, -0.1) is 0 Å². The second-order valence-corrected chi connectivity index (χ2v) is 8.27. The van der Waals surface area contributed by atoms with Gasteiger partial charge in [-0.1, -0.05) is 12.1 Å². The molecule has 1 N–H and O–H groups in total. The highest BCUT2D eigenvalue weighted by Gasteiger charge is 2.29. The average Bonchev–Trinajstić information content (AvgIpc) is 3.21. The highest BCUT2D eigenvalue weighted by atomic mass is 32.2. The SMILES string of the molecule is COc1ccc(C(=O)Nc2c3c(nn2-c2cccc(C)c2C)C[S@](=O)C3)cc1. The average molecular weight is 395 g/mol. The lowest BCUT2D eigenvalue weighted by molar-refractivity contribution is 0.102. The first-order valence-electron chi connectivity index (χ1n) is 8.95. The Morgan fingerprint density at radius 1 is 1.14 bits per heavy atom. The van der Waals surface area contributed by atoms with Crippen molar-refractivity contribution in [3.05, 3.63) is 70.4 Å². The van der Waals surface area contributed by atoms with E-state index in [9.17, 15) is 9.00 Å². The van der Waals surface area contributed by atoms with Crippen LogP contribution in [0.3, 0.4) is 0 Å². The van der Waals surface area contributed by atoms with Gasteiger partial charge in [-0.2, -0.15) is 5.10 Å². The number of aryl methyl sites for hydroxylation is 1. The Morgan fingerprint density at radius 3 is 2.61 bits per heavy atom. The van der Waals surface area contributed by atoms with Crippen LogP contribution in [0.1, 0.15) is 32.7 Å². The number of carbonyl (C=O) groups is 1. The summed E-state index contributed by atoms with van der Waals surface area (Å²) >= 11 is 0. The van der Waals surface area contributed by atoms with Gasteiger partial charge in [0.2, 0.25) is 0 Å². The first kappa shape index (κ1) is 18.4. The number of ether oxygens (including phenoxy) is 1. The molecule has 0 spiro atoms. The van der Waals surface area contributed by atoms with Crippen LogP contribution in [0.2, 0.25) is 0 Å². The number of fused-ring (bicyclic) bond motifs is 1. The summed E-state index contributed by atoms with van der Waals surface area (Å²) in [6.07, 6.45) is 0. The number of carbonyl (C=O) groups excluding carboxylic acids is 1. The highest BCUT2D eigenvalue weighted by Crippen LogP contribution is 2.33. The van der Waals surface area contributed by atoms with Gasteiger partial charge in [-0.25, -0.2) is 4.68 Å². The van der Waals surface area contributed by atoms with Gasteiger partial charge in [-0.3, -0.25) is 9.00 Å². The van der Waals surface area contributed by atoms with Gasteiger partial charge in [0.25, 0.3) is 5.91 Å². The Balaban J connectivity index is 1.76. The molecule has 2 aromatic carbocycles. The van der Waals surface area contributed by atoms with Crippen molar-refractivity contribution in [1.29, 1.82) is 0 Å². The summed E-state index contributed by atoms with van der Waals surface area (Å²) in [7, 11) is 0.604.